The Bertz CT molecular complexity index is 868. The molecule has 2 heterocycles. The molecule has 0 unspecified atom stereocenters. The Labute approximate surface area is 149 Å². The first kappa shape index (κ1) is 16.7. The molecule has 0 saturated heterocycles. The number of pyridine rings is 1. The number of nitrogens with zero attached hydrogens (tertiary/aromatic N) is 1. The maximum Gasteiger partial charge on any atom is 0.374 e. The third-order valence-electron chi connectivity index (χ3n) is 3.92. The lowest BCUT2D eigenvalue weighted by Gasteiger charge is -2.02. The molecule has 0 aliphatic rings. The summed E-state index contributed by atoms with van der Waals surface area (Å²) in [6.07, 6.45) is 5.03. The number of rotatable bonds is 5. The molecule has 0 saturated carbocycles. The van der Waals surface area contributed by atoms with Crippen molar-refractivity contribution in [1.82, 2.24) is 0 Å². The van der Waals surface area contributed by atoms with Crippen LogP contribution in [0.15, 0.2) is 51.6 Å². The molecule has 3 rings (SSSR count). The summed E-state index contributed by atoms with van der Waals surface area (Å²) in [7, 11) is 0. The van der Waals surface area contributed by atoms with E-state index in [1.165, 1.54) is 5.56 Å². The lowest BCUT2D eigenvalue weighted by atomic mass is 10.1. The van der Waals surface area contributed by atoms with Crippen molar-refractivity contribution in [2.24, 2.45) is 0 Å². The molecule has 2 aromatic heterocycles. The van der Waals surface area contributed by atoms with Crippen LogP contribution in [0, 0.1) is 0 Å². The molecule has 0 spiro atoms. The summed E-state index contributed by atoms with van der Waals surface area (Å²) in [5.41, 5.74) is 2.79. The van der Waals surface area contributed by atoms with Crippen molar-refractivity contribution < 1.29 is 18.5 Å². The average Bonchev–Trinajstić information content (AvgIpc) is 2.94. The van der Waals surface area contributed by atoms with Gasteiger partial charge in [-0.3, -0.25) is 0 Å². The lowest BCUT2D eigenvalue weighted by molar-refractivity contribution is -0.688. The summed E-state index contributed by atoms with van der Waals surface area (Å²) < 4.78 is 13.9. The number of hydrogen-bond acceptors (Lipinski definition) is 3. The Morgan fingerprint density at radius 3 is 2.62 bits per heavy atom. The zero-order valence-electron chi connectivity index (χ0n) is 13.7. The second kappa shape index (κ2) is 7.18. The summed E-state index contributed by atoms with van der Waals surface area (Å²) >= 11 is 3.48. The topological polar surface area (TPSA) is 43.3 Å². The predicted octanol–water partition coefficient (Wildman–Crippen LogP) is 4.27. The average molecular weight is 389 g/mol. The number of hydrogen-bond donors (Lipinski definition) is 0. The molecule has 124 valence electrons. The largest absolute Gasteiger partial charge is 0.460 e. The molecule has 3 aromatic rings. The number of esters is 1. The second-order valence-corrected chi connectivity index (χ2v) is 6.42. The minimum atomic E-state index is -0.425. The number of aryl methyl sites for hydroxylation is 1. The normalized spacial score (nSPS) is 11.0. The number of fused-ring (bicyclic) bond motifs is 1. The van der Waals surface area contributed by atoms with Crippen molar-refractivity contribution in [3.05, 3.63) is 64.1 Å². The SMILES string of the molecule is CCOC(=O)c1oc2ccc(Br)cc2c1C[n+]1ccc(CC)cc1. The third-order valence-corrected chi connectivity index (χ3v) is 4.42. The summed E-state index contributed by atoms with van der Waals surface area (Å²) in [4.78, 5) is 12.3. The van der Waals surface area contributed by atoms with Gasteiger partial charge in [-0.15, -0.1) is 0 Å². The predicted molar refractivity (Wildman–Crippen MR) is 95.0 cm³/mol. The van der Waals surface area contributed by atoms with E-state index in [1.54, 1.807) is 6.92 Å². The standard InChI is InChI=1S/C19H19BrNO3/c1-3-13-7-9-21(10-8-13)12-16-15-11-14(20)5-6-17(15)24-18(16)19(22)23-4-2/h5-11H,3-4,12H2,1-2H3/q+1. The van der Waals surface area contributed by atoms with Crippen molar-refractivity contribution in [3.8, 4) is 0 Å². The minimum Gasteiger partial charge on any atom is -0.460 e. The number of benzene rings is 1. The molecule has 0 N–H and O–H groups in total. The van der Waals surface area contributed by atoms with Crippen LogP contribution in [0.4, 0.5) is 0 Å². The first-order valence-corrected chi connectivity index (χ1v) is 8.77. The lowest BCUT2D eigenvalue weighted by Crippen LogP contribution is -2.33. The van der Waals surface area contributed by atoms with Gasteiger partial charge in [0.2, 0.25) is 5.76 Å². The first-order valence-electron chi connectivity index (χ1n) is 7.98. The highest BCUT2D eigenvalue weighted by molar-refractivity contribution is 9.10. The smallest absolute Gasteiger partial charge is 0.374 e. The summed E-state index contributed by atoms with van der Waals surface area (Å²) in [5.74, 6) is -0.150. The molecule has 0 amide bonds. The fourth-order valence-corrected chi connectivity index (χ4v) is 3.01. The molecule has 5 heteroatoms. The van der Waals surface area contributed by atoms with Crippen molar-refractivity contribution in [3.63, 3.8) is 0 Å². The molecule has 0 radical (unpaired) electrons. The first-order chi connectivity index (χ1) is 11.6. The van der Waals surface area contributed by atoms with Crippen molar-refractivity contribution in [2.45, 2.75) is 26.8 Å². The number of carbonyl (C=O) groups excluding carboxylic acids is 1. The van der Waals surface area contributed by atoms with E-state index in [-0.39, 0.29) is 5.76 Å². The molecule has 0 fully saturated rings. The number of aromatic nitrogens is 1. The number of furan rings is 1. The summed E-state index contributed by atoms with van der Waals surface area (Å²) in [6, 6.07) is 9.90. The van der Waals surface area contributed by atoms with Crippen LogP contribution < -0.4 is 4.57 Å². The van der Waals surface area contributed by atoms with Gasteiger partial charge in [0.1, 0.15) is 5.58 Å². The fourth-order valence-electron chi connectivity index (χ4n) is 2.65. The highest BCUT2D eigenvalue weighted by Crippen LogP contribution is 2.29. The van der Waals surface area contributed by atoms with E-state index in [0.717, 1.165) is 21.8 Å². The molecule has 0 aliphatic heterocycles. The van der Waals surface area contributed by atoms with E-state index in [2.05, 4.69) is 35.0 Å². The van der Waals surface area contributed by atoms with Gasteiger partial charge in [0.25, 0.3) is 0 Å². The van der Waals surface area contributed by atoms with Crippen LogP contribution in [0.5, 0.6) is 0 Å². The van der Waals surface area contributed by atoms with E-state index in [9.17, 15) is 4.79 Å². The van der Waals surface area contributed by atoms with Gasteiger partial charge in [-0.2, -0.15) is 0 Å². The van der Waals surface area contributed by atoms with Crippen LogP contribution in [-0.2, 0) is 17.7 Å². The number of halogens is 1. The van der Waals surface area contributed by atoms with Crippen LogP contribution in [-0.4, -0.2) is 12.6 Å². The molecular formula is C19H19BrNO3+. The van der Waals surface area contributed by atoms with Crippen molar-refractivity contribution >= 4 is 32.9 Å². The zero-order valence-corrected chi connectivity index (χ0v) is 15.3. The van der Waals surface area contributed by atoms with Crippen molar-refractivity contribution in [1.29, 1.82) is 0 Å². The van der Waals surface area contributed by atoms with Gasteiger partial charge in [-0.1, -0.05) is 22.9 Å². The molecule has 0 atom stereocenters. The van der Waals surface area contributed by atoms with E-state index >= 15 is 0 Å². The third kappa shape index (κ3) is 3.36. The molecular weight excluding hydrogens is 370 g/mol. The van der Waals surface area contributed by atoms with Crippen LogP contribution in [0.2, 0.25) is 0 Å². The Kier molecular flexibility index (Phi) is 5.00. The maximum absolute atomic E-state index is 12.3. The molecule has 24 heavy (non-hydrogen) atoms. The highest BCUT2D eigenvalue weighted by Gasteiger charge is 2.24. The minimum absolute atomic E-state index is 0.275. The summed E-state index contributed by atoms with van der Waals surface area (Å²) in [6.45, 7) is 4.77. The Morgan fingerprint density at radius 2 is 1.96 bits per heavy atom. The van der Waals surface area contributed by atoms with Gasteiger partial charge in [0, 0.05) is 22.0 Å². The Balaban J connectivity index is 2.06. The number of carbonyl (C=O) groups is 1. The van der Waals surface area contributed by atoms with Gasteiger partial charge in [0.05, 0.1) is 12.2 Å². The summed E-state index contributed by atoms with van der Waals surface area (Å²) in [5, 5.41) is 0.916. The Morgan fingerprint density at radius 1 is 1.21 bits per heavy atom. The second-order valence-electron chi connectivity index (χ2n) is 5.50. The number of ether oxygens (including phenoxy) is 1. The van der Waals surface area contributed by atoms with Crippen LogP contribution in [0.1, 0.15) is 35.5 Å². The molecule has 0 bridgehead atoms. The van der Waals surface area contributed by atoms with Gasteiger partial charge in [0.15, 0.2) is 18.9 Å². The van der Waals surface area contributed by atoms with Gasteiger partial charge in [-0.05, 0) is 37.1 Å². The molecule has 0 aliphatic carbocycles. The van der Waals surface area contributed by atoms with Crippen LogP contribution >= 0.6 is 15.9 Å². The van der Waals surface area contributed by atoms with E-state index in [4.69, 9.17) is 9.15 Å². The van der Waals surface area contributed by atoms with E-state index in [0.29, 0.717) is 18.7 Å². The monoisotopic (exact) mass is 388 g/mol. The van der Waals surface area contributed by atoms with E-state index in [1.807, 2.05) is 35.2 Å². The van der Waals surface area contributed by atoms with E-state index < -0.39 is 5.97 Å². The van der Waals surface area contributed by atoms with Gasteiger partial charge in [-0.25, -0.2) is 9.36 Å². The molecule has 4 nitrogen and oxygen atoms in total. The highest BCUT2D eigenvalue weighted by atomic mass is 79.9. The fraction of sp³-hybridized carbons (Fsp3) is 0.263. The van der Waals surface area contributed by atoms with Gasteiger partial charge >= 0.3 is 5.97 Å². The maximum atomic E-state index is 12.3. The van der Waals surface area contributed by atoms with Crippen LogP contribution in [0.25, 0.3) is 11.0 Å². The Hall–Kier alpha value is -2.14. The zero-order chi connectivity index (χ0) is 17.1. The quantitative estimate of drug-likeness (QED) is 0.484. The molecule has 1 aromatic carbocycles. The van der Waals surface area contributed by atoms with Gasteiger partial charge < -0.3 is 9.15 Å². The van der Waals surface area contributed by atoms with Crippen LogP contribution in [0.3, 0.4) is 0 Å². The van der Waals surface area contributed by atoms with Crippen molar-refractivity contribution in [2.75, 3.05) is 6.61 Å².